The van der Waals surface area contributed by atoms with Crippen molar-refractivity contribution in [2.75, 3.05) is 23.7 Å². The topological polar surface area (TPSA) is 70.1 Å². The average molecular weight is 260 g/mol. The van der Waals surface area contributed by atoms with Gasteiger partial charge in [0.25, 0.3) is 6.43 Å². The number of aliphatic hydroxyl groups excluding tert-OH is 1. The van der Waals surface area contributed by atoms with Gasteiger partial charge in [0.1, 0.15) is 23.6 Å². The number of nitrogens with zero attached hydrogens (tertiary/aromatic N) is 2. The van der Waals surface area contributed by atoms with E-state index in [-0.39, 0.29) is 6.54 Å². The molecule has 1 rings (SSSR count). The molecule has 0 radical (unpaired) electrons. The fourth-order valence-electron chi connectivity index (χ4n) is 1.43. The van der Waals surface area contributed by atoms with Crippen molar-refractivity contribution >= 4 is 11.6 Å². The highest BCUT2D eigenvalue weighted by Gasteiger charge is 2.17. The second-order valence-electron chi connectivity index (χ2n) is 3.91. The van der Waals surface area contributed by atoms with E-state index in [0.717, 1.165) is 5.56 Å². The lowest BCUT2D eigenvalue weighted by Gasteiger charge is -2.15. The van der Waals surface area contributed by atoms with E-state index in [0.29, 0.717) is 24.0 Å². The minimum atomic E-state index is -2.77. The number of hydrogen-bond donors (Lipinski definition) is 3. The number of alkyl halides is 2. The van der Waals surface area contributed by atoms with Crippen LogP contribution in [0.5, 0.6) is 0 Å². The summed E-state index contributed by atoms with van der Waals surface area (Å²) in [6, 6.07) is 0. The lowest BCUT2D eigenvalue weighted by molar-refractivity contribution is 0.00380. The molecule has 1 heterocycles. The highest BCUT2D eigenvalue weighted by Crippen LogP contribution is 2.19. The van der Waals surface area contributed by atoms with E-state index < -0.39 is 12.5 Å². The number of anilines is 2. The van der Waals surface area contributed by atoms with E-state index in [1.54, 1.807) is 13.8 Å². The second kappa shape index (κ2) is 6.44. The van der Waals surface area contributed by atoms with Gasteiger partial charge >= 0.3 is 0 Å². The average Bonchev–Trinajstić information content (AvgIpc) is 2.31. The van der Waals surface area contributed by atoms with Crippen LogP contribution in [0.2, 0.25) is 0 Å². The van der Waals surface area contributed by atoms with Gasteiger partial charge in [-0.15, -0.1) is 0 Å². The molecule has 1 aromatic rings. The smallest absolute Gasteiger partial charge is 0.265 e. The van der Waals surface area contributed by atoms with Gasteiger partial charge in [-0.1, -0.05) is 0 Å². The quantitative estimate of drug-likeness (QED) is 0.724. The number of aliphatic hydroxyl groups is 1. The van der Waals surface area contributed by atoms with Crippen molar-refractivity contribution in [3.8, 4) is 0 Å². The third-order valence-electron chi connectivity index (χ3n) is 2.37. The number of halogens is 2. The van der Waals surface area contributed by atoms with E-state index in [2.05, 4.69) is 20.6 Å². The first-order chi connectivity index (χ1) is 8.45. The summed E-state index contributed by atoms with van der Waals surface area (Å²) in [5, 5.41) is 14.8. The molecule has 102 valence electrons. The fraction of sp³-hybridized carbons (Fsp3) is 0.636. The third-order valence-corrected chi connectivity index (χ3v) is 2.37. The highest BCUT2D eigenvalue weighted by atomic mass is 19.3. The summed E-state index contributed by atoms with van der Waals surface area (Å²) < 4.78 is 24.4. The maximum absolute atomic E-state index is 12.2. The summed E-state index contributed by atoms with van der Waals surface area (Å²) in [6.07, 6.45) is -4.48. The van der Waals surface area contributed by atoms with Crippen LogP contribution in [-0.2, 0) is 0 Å². The molecule has 0 spiro atoms. The molecule has 0 amide bonds. The molecule has 0 aliphatic carbocycles. The van der Waals surface area contributed by atoms with Crippen LogP contribution >= 0.6 is 0 Å². The zero-order valence-electron chi connectivity index (χ0n) is 10.7. The molecular formula is C11H18F2N4O. The normalized spacial score (nSPS) is 12.6. The molecule has 0 aliphatic rings. The Kier molecular flexibility index (Phi) is 5.21. The molecule has 7 heteroatoms. The molecule has 3 N–H and O–H groups in total. The molecule has 0 saturated heterocycles. The maximum atomic E-state index is 12.2. The van der Waals surface area contributed by atoms with Crippen LogP contribution < -0.4 is 10.6 Å². The highest BCUT2D eigenvalue weighted by molar-refractivity contribution is 5.57. The maximum Gasteiger partial charge on any atom is 0.265 e. The first-order valence-corrected chi connectivity index (χ1v) is 5.74. The van der Waals surface area contributed by atoms with Gasteiger partial charge in [0.15, 0.2) is 0 Å². The number of rotatable bonds is 6. The Hall–Kier alpha value is -1.50. The molecule has 1 aromatic heterocycles. The monoisotopic (exact) mass is 260 g/mol. The van der Waals surface area contributed by atoms with Crippen LogP contribution in [0.25, 0.3) is 0 Å². The lowest BCUT2D eigenvalue weighted by atomic mass is 10.3. The molecule has 1 unspecified atom stereocenters. The summed E-state index contributed by atoms with van der Waals surface area (Å²) in [6.45, 7) is 5.89. The van der Waals surface area contributed by atoms with Crippen LogP contribution in [0.1, 0.15) is 18.3 Å². The van der Waals surface area contributed by atoms with Crippen molar-refractivity contribution in [1.82, 2.24) is 9.97 Å². The van der Waals surface area contributed by atoms with Crippen molar-refractivity contribution in [3.63, 3.8) is 0 Å². The molecule has 18 heavy (non-hydrogen) atoms. The van der Waals surface area contributed by atoms with Crippen LogP contribution in [0.4, 0.5) is 20.4 Å². The van der Waals surface area contributed by atoms with E-state index in [1.165, 1.54) is 0 Å². The Morgan fingerprint density at radius 3 is 2.22 bits per heavy atom. The Morgan fingerprint density at radius 1 is 1.17 bits per heavy atom. The van der Waals surface area contributed by atoms with E-state index in [4.69, 9.17) is 5.11 Å². The number of hydrogen-bond acceptors (Lipinski definition) is 5. The Labute approximate surface area is 105 Å². The summed E-state index contributed by atoms with van der Waals surface area (Å²) in [7, 11) is 0. The molecule has 0 aliphatic heterocycles. The van der Waals surface area contributed by atoms with E-state index in [1.807, 2.05) is 6.92 Å². The number of aryl methyl sites for hydroxylation is 1. The molecule has 0 fully saturated rings. The molecular weight excluding hydrogens is 242 g/mol. The van der Waals surface area contributed by atoms with Crippen LogP contribution in [0.15, 0.2) is 0 Å². The van der Waals surface area contributed by atoms with Gasteiger partial charge in [0.2, 0.25) is 0 Å². The van der Waals surface area contributed by atoms with Gasteiger partial charge in [-0.2, -0.15) is 0 Å². The zero-order valence-corrected chi connectivity index (χ0v) is 10.7. The van der Waals surface area contributed by atoms with Gasteiger partial charge in [-0.25, -0.2) is 18.7 Å². The Morgan fingerprint density at radius 2 is 1.72 bits per heavy atom. The summed E-state index contributed by atoms with van der Waals surface area (Å²) in [5.41, 5.74) is 0.740. The molecule has 0 aromatic carbocycles. The van der Waals surface area contributed by atoms with Gasteiger partial charge < -0.3 is 15.7 Å². The Bertz CT molecular complexity index is 401. The molecule has 1 atom stereocenters. The van der Waals surface area contributed by atoms with Crippen LogP contribution in [-0.4, -0.2) is 40.7 Å². The van der Waals surface area contributed by atoms with Crippen molar-refractivity contribution in [2.24, 2.45) is 0 Å². The number of nitrogens with one attached hydrogen (secondary N) is 2. The first-order valence-electron chi connectivity index (χ1n) is 5.74. The van der Waals surface area contributed by atoms with Crippen molar-refractivity contribution in [3.05, 3.63) is 11.4 Å². The molecule has 5 nitrogen and oxygen atoms in total. The van der Waals surface area contributed by atoms with E-state index in [9.17, 15) is 8.78 Å². The SMILES string of the molecule is CCNc1nc(C)nc(NCC(O)C(F)F)c1C. The standard InChI is InChI=1S/C11H18F2N4O/c1-4-14-10-6(2)11(17-7(3)16-10)15-5-8(18)9(12)13/h8-9,18H,4-5H2,1-3H3,(H2,14,15,16,17). The van der Waals surface area contributed by atoms with Gasteiger partial charge in [0.05, 0.1) is 0 Å². The lowest BCUT2D eigenvalue weighted by Crippen LogP contribution is -2.27. The largest absolute Gasteiger partial charge is 0.385 e. The minimum absolute atomic E-state index is 0.249. The van der Waals surface area contributed by atoms with E-state index >= 15 is 0 Å². The van der Waals surface area contributed by atoms with Crippen LogP contribution in [0, 0.1) is 13.8 Å². The predicted octanol–water partition coefficient (Wildman–Crippen LogP) is 1.56. The minimum Gasteiger partial charge on any atom is -0.385 e. The van der Waals surface area contributed by atoms with Gasteiger partial charge in [-0.05, 0) is 20.8 Å². The summed E-state index contributed by atoms with van der Waals surface area (Å²) >= 11 is 0. The van der Waals surface area contributed by atoms with Gasteiger partial charge in [0, 0.05) is 18.7 Å². The fourth-order valence-corrected chi connectivity index (χ4v) is 1.43. The molecule has 0 bridgehead atoms. The Balaban J connectivity index is 2.82. The van der Waals surface area contributed by atoms with Crippen molar-refractivity contribution in [1.29, 1.82) is 0 Å². The third kappa shape index (κ3) is 3.76. The zero-order chi connectivity index (χ0) is 13.7. The second-order valence-corrected chi connectivity index (χ2v) is 3.91. The first kappa shape index (κ1) is 14.6. The van der Waals surface area contributed by atoms with Gasteiger partial charge in [-0.3, -0.25) is 0 Å². The van der Waals surface area contributed by atoms with Crippen molar-refractivity contribution in [2.45, 2.75) is 33.3 Å². The van der Waals surface area contributed by atoms with Crippen LogP contribution in [0.3, 0.4) is 0 Å². The predicted molar refractivity (Wildman–Crippen MR) is 66.2 cm³/mol. The summed E-state index contributed by atoms with van der Waals surface area (Å²) in [5.74, 6) is 1.66. The molecule has 0 saturated carbocycles. The number of aromatic nitrogens is 2. The van der Waals surface area contributed by atoms with Crippen molar-refractivity contribution < 1.29 is 13.9 Å². The summed E-state index contributed by atoms with van der Waals surface area (Å²) in [4.78, 5) is 8.34.